The van der Waals surface area contributed by atoms with E-state index in [4.69, 9.17) is 4.74 Å². The minimum Gasteiger partial charge on any atom is -0.494 e. The first-order chi connectivity index (χ1) is 12.8. The topological polar surface area (TPSA) is 43.2 Å². The zero-order valence-electron chi connectivity index (χ0n) is 15.1. The van der Waals surface area contributed by atoms with Gasteiger partial charge in [0.1, 0.15) is 11.6 Å². The molecular weight excluding hydrogens is 324 g/mol. The van der Waals surface area contributed by atoms with E-state index in [0.717, 1.165) is 55.6 Å². The van der Waals surface area contributed by atoms with Crippen LogP contribution in [-0.4, -0.2) is 39.4 Å². The second kappa shape index (κ2) is 7.70. The molecule has 0 N–H and O–H groups in total. The maximum atomic E-state index is 5.53. The first-order valence-electron chi connectivity index (χ1n) is 9.25. The SMILES string of the molecule is CCOc1ccc(CN2CCc3nnc(-c4ccccc4)n3CC2)cc1. The van der Waals surface area contributed by atoms with Gasteiger partial charge in [0, 0.05) is 38.2 Å². The molecule has 0 unspecified atom stereocenters. The van der Waals surface area contributed by atoms with E-state index < -0.39 is 0 Å². The van der Waals surface area contributed by atoms with Crippen molar-refractivity contribution in [1.29, 1.82) is 0 Å². The average molecular weight is 348 g/mol. The molecule has 1 aromatic heterocycles. The lowest BCUT2D eigenvalue weighted by Gasteiger charge is -2.19. The maximum Gasteiger partial charge on any atom is 0.164 e. The van der Waals surface area contributed by atoms with Gasteiger partial charge >= 0.3 is 0 Å². The third-order valence-corrected chi connectivity index (χ3v) is 4.79. The summed E-state index contributed by atoms with van der Waals surface area (Å²) < 4.78 is 7.80. The van der Waals surface area contributed by atoms with Crippen molar-refractivity contribution in [2.75, 3.05) is 19.7 Å². The minimum absolute atomic E-state index is 0.703. The lowest BCUT2D eigenvalue weighted by molar-refractivity contribution is 0.271. The van der Waals surface area contributed by atoms with Crippen LogP contribution in [0.3, 0.4) is 0 Å². The number of hydrogen-bond acceptors (Lipinski definition) is 4. The summed E-state index contributed by atoms with van der Waals surface area (Å²) in [4.78, 5) is 2.49. The lowest BCUT2D eigenvalue weighted by Crippen LogP contribution is -2.26. The summed E-state index contributed by atoms with van der Waals surface area (Å²) in [6, 6.07) is 18.7. The Bertz CT molecular complexity index is 842. The Morgan fingerprint density at radius 1 is 0.923 bits per heavy atom. The molecule has 0 bridgehead atoms. The Labute approximate surface area is 154 Å². The number of benzene rings is 2. The summed E-state index contributed by atoms with van der Waals surface area (Å²) in [5.74, 6) is 2.99. The fourth-order valence-electron chi connectivity index (χ4n) is 3.44. The molecule has 1 aliphatic heterocycles. The number of hydrogen-bond donors (Lipinski definition) is 0. The molecular formula is C21H24N4O. The Balaban J connectivity index is 1.44. The smallest absolute Gasteiger partial charge is 0.164 e. The number of aromatic nitrogens is 3. The van der Waals surface area contributed by atoms with Gasteiger partial charge in [0.05, 0.1) is 6.61 Å². The largest absolute Gasteiger partial charge is 0.494 e. The molecule has 0 spiro atoms. The minimum atomic E-state index is 0.703. The van der Waals surface area contributed by atoms with E-state index >= 15 is 0 Å². The molecule has 3 aromatic rings. The average Bonchev–Trinajstić information content (AvgIpc) is 2.99. The molecule has 5 nitrogen and oxygen atoms in total. The first kappa shape index (κ1) is 16.8. The van der Waals surface area contributed by atoms with E-state index in [1.807, 2.05) is 25.1 Å². The highest BCUT2D eigenvalue weighted by Crippen LogP contribution is 2.21. The van der Waals surface area contributed by atoms with Crippen molar-refractivity contribution in [3.8, 4) is 17.1 Å². The molecule has 1 aliphatic rings. The van der Waals surface area contributed by atoms with Crippen LogP contribution >= 0.6 is 0 Å². The van der Waals surface area contributed by atoms with Gasteiger partial charge in [-0.05, 0) is 24.6 Å². The maximum absolute atomic E-state index is 5.53. The summed E-state index contributed by atoms with van der Waals surface area (Å²) in [6.45, 7) is 6.58. The molecule has 0 atom stereocenters. The molecule has 0 amide bonds. The second-order valence-corrected chi connectivity index (χ2v) is 6.56. The molecule has 4 rings (SSSR count). The monoisotopic (exact) mass is 348 g/mol. The van der Waals surface area contributed by atoms with Crippen LogP contribution in [0.4, 0.5) is 0 Å². The summed E-state index contributed by atoms with van der Waals surface area (Å²) in [5.41, 5.74) is 2.45. The van der Waals surface area contributed by atoms with Gasteiger partial charge in [-0.15, -0.1) is 10.2 Å². The Morgan fingerprint density at radius 2 is 1.73 bits per heavy atom. The predicted molar refractivity (Wildman–Crippen MR) is 102 cm³/mol. The summed E-state index contributed by atoms with van der Waals surface area (Å²) >= 11 is 0. The van der Waals surface area contributed by atoms with Crippen LogP contribution < -0.4 is 4.74 Å². The quantitative estimate of drug-likeness (QED) is 0.709. The molecule has 0 fully saturated rings. The van der Waals surface area contributed by atoms with Crippen molar-refractivity contribution < 1.29 is 4.74 Å². The van der Waals surface area contributed by atoms with E-state index in [0.29, 0.717) is 6.61 Å². The van der Waals surface area contributed by atoms with E-state index in [1.165, 1.54) is 5.56 Å². The van der Waals surface area contributed by atoms with Gasteiger partial charge in [0.15, 0.2) is 5.82 Å². The van der Waals surface area contributed by atoms with Crippen molar-refractivity contribution in [1.82, 2.24) is 19.7 Å². The van der Waals surface area contributed by atoms with Gasteiger partial charge < -0.3 is 9.30 Å². The molecule has 0 radical (unpaired) electrons. The molecule has 0 saturated heterocycles. The Kier molecular flexibility index (Phi) is 4.97. The zero-order chi connectivity index (χ0) is 17.8. The van der Waals surface area contributed by atoms with E-state index in [-0.39, 0.29) is 0 Å². The lowest BCUT2D eigenvalue weighted by atomic mass is 10.2. The summed E-state index contributed by atoms with van der Waals surface area (Å²) in [6.07, 6.45) is 0.927. The van der Waals surface area contributed by atoms with Gasteiger partial charge in [-0.3, -0.25) is 4.90 Å². The summed E-state index contributed by atoms with van der Waals surface area (Å²) in [7, 11) is 0. The van der Waals surface area contributed by atoms with Crippen LogP contribution in [0.15, 0.2) is 54.6 Å². The van der Waals surface area contributed by atoms with E-state index in [9.17, 15) is 0 Å². The van der Waals surface area contributed by atoms with Crippen molar-refractivity contribution in [2.24, 2.45) is 0 Å². The molecule has 2 aromatic carbocycles. The first-order valence-corrected chi connectivity index (χ1v) is 9.25. The highest BCUT2D eigenvalue weighted by molar-refractivity contribution is 5.55. The number of ether oxygens (including phenoxy) is 1. The molecule has 0 saturated carbocycles. The molecule has 0 aliphatic carbocycles. The highest BCUT2D eigenvalue weighted by atomic mass is 16.5. The number of nitrogens with zero attached hydrogens (tertiary/aromatic N) is 4. The van der Waals surface area contributed by atoms with Gasteiger partial charge in [0.25, 0.3) is 0 Å². The van der Waals surface area contributed by atoms with Gasteiger partial charge in [-0.2, -0.15) is 0 Å². The van der Waals surface area contributed by atoms with Crippen LogP contribution in [0, 0.1) is 0 Å². The van der Waals surface area contributed by atoms with Crippen molar-refractivity contribution in [2.45, 2.75) is 26.4 Å². The van der Waals surface area contributed by atoms with Gasteiger partial charge in [0.2, 0.25) is 0 Å². The zero-order valence-corrected chi connectivity index (χ0v) is 15.1. The van der Waals surface area contributed by atoms with Crippen molar-refractivity contribution in [3.63, 3.8) is 0 Å². The molecule has 5 heteroatoms. The third kappa shape index (κ3) is 3.63. The predicted octanol–water partition coefficient (Wildman–Crippen LogP) is 3.40. The number of rotatable bonds is 5. The van der Waals surface area contributed by atoms with Crippen LogP contribution in [-0.2, 0) is 19.5 Å². The highest BCUT2D eigenvalue weighted by Gasteiger charge is 2.19. The number of fused-ring (bicyclic) bond motifs is 1. The molecule has 2 heterocycles. The van der Waals surface area contributed by atoms with Crippen LogP contribution in [0.25, 0.3) is 11.4 Å². The normalized spacial score (nSPS) is 14.7. The van der Waals surface area contributed by atoms with Crippen LogP contribution in [0.5, 0.6) is 5.75 Å². The van der Waals surface area contributed by atoms with E-state index in [2.05, 4.69) is 56.1 Å². The Morgan fingerprint density at radius 3 is 2.50 bits per heavy atom. The van der Waals surface area contributed by atoms with Gasteiger partial charge in [-0.1, -0.05) is 42.5 Å². The van der Waals surface area contributed by atoms with Crippen LogP contribution in [0.1, 0.15) is 18.3 Å². The molecule has 26 heavy (non-hydrogen) atoms. The van der Waals surface area contributed by atoms with Crippen molar-refractivity contribution >= 4 is 0 Å². The fraction of sp³-hybridized carbons (Fsp3) is 0.333. The second-order valence-electron chi connectivity index (χ2n) is 6.56. The third-order valence-electron chi connectivity index (χ3n) is 4.79. The Hall–Kier alpha value is -2.66. The standard InChI is InChI=1S/C21H24N4O/c1-2-26-19-10-8-17(9-11-19)16-24-13-12-20-22-23-21(25(20)15-14-24)18-6-4-3-5-7-18/h3-11H,2,12-16H2,1H3. The van der Waals surface area contributed by atoms with E-state index in [1.54, 1.807) is 0 Å². The molecule has 134 valence electrons. The fourth-order valence-corrected chi connectivity index (χ4v) is 3.44. The van der Waals surface area contributed by atoms with Crippen molar-refractivity contribution in [3.05, 3.63) is 66.0 Å². The van der Waals surface area contributed by atoms with Crippen LogP contribution in [0.2, 0.25) is 0 Å². The summed E-state index contributed by atoms with van der Waals surface area (Å²) in [5, 5.41) is 8.86. The van der Waals surface area contributed by atoms with Gasteiger partial charge in [-0.25, -0.2) is 0 Å².